The quantitative estimate of drug-likeness (QED) is 0.668. The number of benzene rings is 1. The maximum absolute atomic E-state index is 13.3. The Bertz CT molecular complexity index is 975. The van der Waals surface area contributed by atoms with Crippen LogP contribution >= 0.6 is 0 Å². The van der Waals surface area contributed by atoms with Crippen molar-refractivity contribution in [2.45, 2.75) is 69.3 Å². The van der Waals surface area contributed by atoms with Gasteiger partial charge in [0.05, 0.1) is 24.7 Å². The molecule has 1 aliphatic carbocycles. The lowest BCUT2D eigenvalue weighted by Gasteiger charge is -2.39. The third kappa shape index (κ3) is 2.90. The number of carbonyl (C=O) groups excluding carboxylic acids is 1. The summed E-state index contributed by atoms with van der Waals surface area (Å²) in [7, 11) is 1.67. The summed E-state index contributed by atoms with van der Waals surface area (Å²) in [6, 6.07) is 4.22. The number of hydrogen-bond acceptors (Lipinski definition) is 7. The number of rotatable bonds is 3. The highest BCUT2D eigenvalue weighted by Crippen LogP contribution is 2.55. The van der Waals surface area contributed by atoms with Gasteiger partial charge in [-0.05, 0) is 74.4 Å². The van der Waals surface area contributed by atoms with Gasteiger partial charge in [0.2, 0.25) is 6.79 Å². The van der Waals surface area contributed by atoms with Crippen molar-refractivity contribution in [3.63, 3.8) is 0 Å². The van der Waals surface area contributed by atoms with Gasteiger partial charge in [-0.1, -0.05) is 6.92 Å². The predicted octanol–water partition coefficient (Wildman–Crippen LogP) is 3.16. The number of hydrogen-bond donors (Lipinski definition) is 0. The van der Waals surface area contributed by atoms with E-state index in [1.54, 1.807) is 7.11 Å². The fourth-order valence-corrected chi connectivity index (χ4v) is 6.66. The SMILES string of the molecule is COC1=C[C@]23CCCN2CCc2cc4c(cc2[C@@H]3C1OC(=O)C1OC(C)CC1C)OCO4. The summed E-state index contributed by atoms with van der Waals surface area (Å²) in [6.45, 7) is 6.30. The van der Waals surface area contributed by atoms with Crippen LogP contribution in [0.25, 0.3) is 0 Å². The van der Waals surface area contributed by atoms with Crippen molar-refractivity contribution in [1.29, 1.82) is 0 Å². The molecule has 0 bridgehead atoms. The predicted molar refractivity (Wildman–Crippen MR) is 116 cm³/mol. The van der Waals surface area contributed by atoms with Gasteiger partial charge < -0.3 is 23.7 Å². The van der Waals surface area contributed by atoms with Crippen LogP contribution in [0.1, 0.15) is 50.2 Å². The molecule has 0 radical (unpaired) electrons. The van der Waals surface area contributed by atoms with Crippen molar-refractivity contribution in [2.75, 3.05) is 27.0 Å². The number of carbonyl (C=O) groups is 1. The summed E-state index contributed by atoms with van der Waals surface area (Å²) in [4.78, 5) is 15.8. The summed E-state index contributed by atoms with van der Waals surface area (Å²) in [5.41, 5.74) is 2.19. The standard InChI is InChI=1S/C25H31NO6/c1-14-9-15(2)31-22(14)24(27)32-23-20(28-3)12-25-6-4-7-26(25)8-5-16-10-18-19(30-13-29-18)11-17(16)21(23)25/h10-12,14-15,21-23H,4-9,13H2,1-3H3/t14?,15?,21-,22?,23?,25+/m1/s1. The van der Waals surface area contributed by atoms with Gasteiger partial charge in [0.1, 0.15) is 5.76 Å². The molecule has 1 spiro atoms. The van der Waals surface area contributed by atoms with Crippen molar-refractivity contribution in [3.8, 4) is 11.5 Å². The maximum Gasteiger partial charge on any atom is 0.336 e. The fourth-order valence-electron chi connectivity index (χ4n) is 6.66. The molecule has 0 amide bonds. The first-order valence-electron chi connectivity index (χ1n) is 11.8. The van der Waals surface area contributed by atoms with Crippen molar-refractivity contribution >= 4 is 5.97 Å². The molecule has 7 heteroatoms. The molecule has 0 aromatic heterocycles. The maximum atomic E-state index is 13.3. The number of esters is 1. The summed E-state index contributed by atoms with van der Waals surface area (Å²) in [5, 5.41) is 0. The van der Waals surface area contributed by atoms with Crippen LogP contribution in [0.5, 0.6) is 11.5 Å². The molecule has 6 atom stereocenters. The number of methoxy groups -OCH3 is 1. The van der Waals surface area contributed by atoms with Crippen LogP contribution < -0.4 is 9.47 Å². The van der Waals surface area contributed by atoms with Crippen molar-refractivity contribution in [3.05, 3.63) is 35.1 Å². The molecule has 172 valence electrons. The molecule has 4 unspecified atom stereocenters. The summed E-state index contributed by atoms with van der Waals surface area (Å²) in [5.74, 6) is 2.10. The minimum atomic E-state index is -0.527. The second-order valence-electron chi connectivity index (χ2n) is 9.90. The summed E-state index contributed by atoms with van der Waals surface area (Å²) >= 11 is 0. The van der Waals surface area contributed by atoms with Crippen LogP contribution in [0.2, 0.25) is 0 Å². The van der Waals surface area contributed by atoms with E-state index in [2.05, 4.69) is 30.0 Å². The largest absolute Gasteiger partial charge is 0.497 e. The number of nitrogens with zero attached hydrogens (tertiary/aromatic N) is 1. The second kappa shape index (κ2) is 7.39. The molecule has 4 heterocycles. The molecular weight excluding hydrogens is 410 g/mol. The van der Waals surface area contributed by atoms with Gasteiger partial charge >= 0.3 is 5.97 Å². The zero-order valence-electron chi connectivity index (χ0n) is 19.0. The van der Waals surface area contributed by atoms with Gasteiger partial charge in [0.25, 0.3) is 0 Å². The first-order valence-corrected chi connectivity index (χ1v) is 11.8. The molecule has 5 aliphatic rings. The van der Waals surface area contributed by atoms with E-state index in [0.717, 1.165) is 56.0 Å². The summed E-state index contributed by atoms with van der Waals surface area (Å²) in [6.07, 6.45) is 5.21. The highest BCUT2D eigenvalue weighted by atomic mass is 16.7. The van der Waals surface area contributed by atoms with Crippen LogP contribution in [-0.4, -0.2) is 61.7 Å². The van der Waals surface area contributed by atoms with E-state index in [9.17, 15) is 4.79 Å². The average molecular weight is 442 g/mol. The minimum Gasteiger partial charge on any atom is -0.497 e. The van der Waals surface area contributed by atoms with Gasteiger partial charge in [-0.2, -0.15) is 0 Å². The number of ether oxygens (including phenoxy) is 5. The molecule has 32 heavy (non-hydrogen) atoms. The van der Waals surface area contributed by atoms with Crippen LogP contribution in [0.15, 0.2) is 24.0 Å². The van der Waals surface area contributed by atoms with E-state index < -0.39 is 12.2 Å². The smallest absolute Gasteiger partial charge is 0.336 e. The Morgan fingerprint density at radius 1 is 1.19 bits per heavy atom. The van der Waals surface area contributed by atoms with E-state index >= 15 is 0 Å². The highest BCUT2D eigenvalue weighted by molar-refractivity contribution is 5.76. The van der Waals surface area contributed by atoms with Crippen molar-refractivity contribution < 1.29 is 28.5 Å². The minimum absolute atomic E-state index is 0.0509. The molecule has 1 aromatic rings. The third-order valence-electron chi connectivity index (χ3n) is 8.04. The second-order valence-corrected chi connectivity index (χ2v) is 9.90. The lowest BCUT2D eigenvalue weighted by atomic mass is 9.77. The molecule has 2 saturated heterocycles. The van der Waals surface area contributed by atoms with Gasteiger partial charge in [0.15, 0.2) is 23.7 Å². The van der Waals surface area contributed by atoms with Crippen LogP contribution in [0, 0.1) is 5.92 Å². The Kier molecular flexibility index (Phi) is 4.70. The fraction of sp³-hybridized carbons (Fsp3) is 0.640. The van der Waals surface area contributed by atoms with Gasteiger partial charge in [0, 0.05) is 6.54 Å². The highest BCUT2D eigenvalue weighted by Gasteiger charge is 2.58. The van der Waals surface area contributed by atoms with Crippen LogP contribution in [0.4, 0.5) is 0 Å². The molecular formula is C25H31NO6. The Morgan fingerprint density at radius 2 is 2.00 bits per heavy atom. The summed E-state index contributed by atoms with van der Waals surface area (Å²) < 4.78 is 29.4. The lowest BCUT2D eigenvalue weighted by Crippen LogP contribution is -2.47. The lowest BCUT2D eigenvalue weighted by molar-refractivity contribution is -0.164. The topological polar surface area (TPSA) is 66.5 Å². The molecule has 7 nitrogen and oxygen atoms in total. The van der Waals surface area contributed by atoms with Gasteiger partial charge in [-0.25, -0.2) is 4.79 Å². The van der Waals surface area contributed by atoms with Gasteiger partial charge in [-0.15, -0.1) is 0 Å². The van der Waals surface area contributed by atoms with Crippen LogP contribution in [0.3, 0.4) is 0 Å². The molecule has 0 saturated carbocycles. The van der Waals surface area contributed by atoms with Crippen molar-refractivity contribution in [2.24, 2.45) is 5.92 Å². The molecule has 0 N–H and O–H groups in total. The van der Waals surface area contributed by atoms with E-state index in [1.807, 2.05) is 6.92 Å². The van der Waals surface area contributed by atoms with E-state index in [0.29, 0.717) is 0 Å². The van der Waals surface area contributed by atoms with E-state index in [1.165, 1.54) is 11.1 Å². The van der Waals surface area contributed by atoms with E-state index in [4.69, 9.17) is 23.7 Å². The Labute approximate surface area is 188 Å². The van der Waals surface area contributed by atoms with E-state index in [-0.39, 0.29) is 36.2 Å². The molecule has 2 fully saturated rings. The van der Waals surface area contributed by atoms with Gasteiger partial charge in [-0.3, -0.25) is 4.90 Å². The Balaban J connectivity index is 1.42. The zero-order valence-corrected chi connectivity index (χ0v) is 19.0. The number of fused-ring (bicyclic) bond motifs is 3. The normalized spacial score (nSPS) is 37.3. The monoisotopic (exact) mass is 441 g/mol. The molecule has 6 rings (SSSR count). The Morgan fingerprint density at radius 3 is 2.75 bits per heavy atom. The average Bonchev–Trinajstić information content (AvgIpc) is 3.52. The van der Waals surface area contributed by atoms with Crippen molar-refractivity contribution in [1.82, 2.24) is 4.90 Å². The molecule has 4 aliphatic heterocycles. The first-order chi connectivity index (χ1) is 15.5. The zero-order chi connectivity index (χ0) is 22.0. The first kappa shape index (κ1) is 20.4. The third-order valence-corrected chi connectivity index (χ3v) is 8.04. The Hall–Kier alpha value is -2.25. The molecule has 1 aromatic carbocycles. The van der Waals surface area contributed by atoms with Crippen LogP contribution in [-0.2, 0) is 25.4 Å².